The molecule has 3 amide bonds. The van der Waals surface area contributed by atoms with Gasteiger partial charge in [0.25, 0.3) is 5.91 Å². The summed E-state index contributed by atoms with van der Waals surface area (Å²) >= 11 is 0. The van der Waals surface area contributed by atoms with E-state index < -0.39 is 34.5 Å². The van der Waals surface area contributed by atoms with Crippen molar-refractivity contribution in [1.29, 1.82) is 0 Å². The van der Waals surface area contributed by atoms with Gasteiger partial charge in [0.1, 0.15) is 5.76 Å². The molecule has 0 radical (unpaired) electrons. The third-order valence-electron chi connectivity index (χ3n) is 5.77. The monoisotopic (exact) mass is 491 g/mol. The maximum Gasteiger partial charge on any atom is 0.338 e. The van der Waals surface area contributed by atoms with Crippen LogP contribution in [-0.2, 0) is 26.1 Å². The molecule has 0 spiro atoms. The number of carbonyl (C=O) groups is 3. The van der Waals surface area contributed by atoms with Crippen LogP contribution in [0.2, 0.25) is 0 Å². The van der Waals surface area contributed by atoms with E-state index in [1.165, 1.54) is 24.5 Å². The van der Waals surface area contributed by atoms with Crippen molar-refractivity contribution in [1.82, 2.24) is 15.4 Å². The summed E-state index contributed by atoms with van der Waals surface area (Å²) in [5.74, 6) is -0.899. The summed E-state index contributed by atoms with van der Waals surface area (Å²) in [7, 11) is -3.93. The van der Waals surface area contributed by atoms with Crippen LogP contribution in [0.1, 0.15) is 54.3 Å². The maximum absolute atomic E-state index is 12.6. The van der Waals surface area contributed by atoms with Gasteiger partial charge in [-0.3, -0.25) is 10.1 Å². The number of esters is 1. The Morgan fingerprint density at radius 2 is 1.91 bits per heavy atom. The number of hydrogen-bond acceptors (Lipinski definition) is 7. The lowest BCUT2D eigenvalue weighted by Crippen LogP contribution is -2.48. The van der Waals surface area contributed by atoms with Crippen LogP contribution in [0.15, 0.2) is 45.9 Å². The third-order valence-corrected chi connectivity index (χ3v) is 7.17. The quantitative estimate of drug-likeness (QED) is 0.482. The molecule has 184 valence electrons. The molecule has 1 saturated carbocycles. The van der Waals surface area contributed by atoms with Gasteiger partial charge in [0.15, 0.2) is 6.61 Å². The van der Waals surface area contributed by atoms with Crippen LogP contribution in [0.5, 0.6) is 0 Å². The standard InChI is InChI=1S/C23H29N3O7S/c1-15-9-10-18(34(30,31)24-13-17-7-5-11-32-17)12-19(15)22(28)33-14-21(27)26-23(29)25-20-8-4-3-6-16(20)2/h5,7,9-12,16,20,24H,3-4,6,8,13-14H2,1-2H3,(H2,25,26,27,29)/t16-,20-/m1/s1. The lowest BCUT2D eigenvalue weighted by Gasteiger charge is -2.29. The number of sulfonamides is 1. The van der Waals surface area contributed by atoms with Crippen LogP contribution in [0.4, 0.5) is 4.79 Å². The Kier molecular flexibility index (Phi) is 8.46. The van der Waals surface area contributed by atoms with E-state index in [2.05, 4.69) is 22.3 Å². The second-order valence-corrected chi connectivity index (χ2v) is 10.1. The molecule has 1 fully saturated rings. The Morgan fingerprint density at radius 1 is 1.15 bits per heavy atom. The Hall–Kier alpha value is -3.18. The zero-order valence-electron chi connectivity index (χ0n) is 19.1. The van der Waals surface area contributed by atoms with Crippen LogP contribution in [0, 0.1) is 12.8 Å². The first-order valence-electron chi connectivity index (χ1n) is 11.1. The zero-order valence-corrected chi connectivity index (χ0v) is 19.9. The number of aryl methyl sites for hydroxylation is 1. The molecule has 10 nitrogen and oxygen atoms in total. The van der Waals surface area contributed by atoms with Crippen molar-refractivity contribution in [3.05, 3.63) is 53.5 Å². The topological polar surface area (TPSA) is 144 Å². The highest BCUT2D eigenvalue weighted by molar-refractivity contribution is 7.89. The summed E-state index contributed by atoms with van der Waals surface area (Å²) in [5.41, 5.74) is 0.466. The predicted octanol–water partition coefficient (Wildman–Crippen LogP) is 2.63. The highest BCUT2D eigenvalue weighted by Crippen LogP contribution is 2.23. The van der Waals surface area contributed by atoms with Gasteiger partial charge in [0, 0.05) is 6.04 Å². The fourth-order valence-electron chi connectivity index (χ4n) is 3.76. The van der Waals surface area contributed by atoms with Gasteiger partial charge >= 0.3 is 12.0 Å². The molecule has 2 aromatic rings. The summed E-state index contributed by atoms with van der Waals surface area (Å²) in [6.45, 7) is 2.93. The first-order valence-corrected chi connectivity index (χ1v) is 12.5. The lowest BCUT2D eigenvalue weighted by molar-refractivity contribution is -0.123. The number of rotatable bonds is 8. The highest BCUT2D eigenvalue weighted by Gasteiger charge is 2.24. The van der Waals surface area contributed by atoms with Crippen LogP contribution < -0.4 is 15.4 Å². The second-order valence-electron chi connectivity index (χ2n) is 8.35. The molecule has 3 N–H and O–H groups in total. The van der Waals surface area contributed by atoms with Gasteiger partial charge in [-0.15, -0.1) is 0 Å². The van der Waals surface area contributed by atoms with Crippen molar-refractivity contribution in [2.24, 2.45) is 5.92 Å². The van der Waals surface area contributed by atoms with Crippen LogP contribution in [-0.4, -0.2) is 39.0 Å². The SMILES string of the molecule is Cc1ccc(S(=O)(=O)NCc2ccco2)cc1C(=O)OCC(=O)NC(=O)N[C@@H]1CCCC[C@H]1C. The first kappa shape index (κ1) is 25.4. The molecule has 0 unspecified atom stereocenters. The Bertz CT molecular complexity index is 1130. The highest BCUT2D eigenvalue weighted by atomic mass is 32.2. The summed E-state index contributed by atoms with van der Waals surface area (Å²) in [5, 5.41) is 4.94. The molecule has 1 aromatic carbocycles. The molecule has 0 aliphatic heterocycles. The first-order chi connectivity index (χ1) is 16.2. The molecule has 3 rings (SSSR count). The van der Waals surface area contributed by atoms with Crippen molar-refractivity contribution < 1.29 is 32.0 Å². The van der Waals surface area contributed by atoms with Crippen molar-refractivity contribution in [3.63, 3.8) is 0 Å². The Labute approximate surface area is 198 Å². The van der Waals surface area contributed by atoms with Gasteiger partial charge in [-0.25, -0.2) is 22.7 Å². The molecule has 2 atom stereocenters. The van der Waals surface area contributed by atoms with Gasteiger partial charge < -0.3 is 14.5 Å². The number of hydrogen-bond donors (Lipinski definition) is 3. The number of carbonyl (C=O) groups excluding carboxylic acids is 3. The second kappa shape index (κ2) is 11.3. The number of ether oxygens (including phenoxy) is 1. The Balaban J connectivity index is 1.54. The number of benzene rings is 1. The summed E-state index contributed by atoms with van der Waals surface area (Å²) < 4.78 is 37.7. The molecular formula is C23H29N3O7S. The third kappa shape index (κ3) is 6.91. The van der Waals surface area contributed by atoms with E-state index in [0.29, 0.717) is 17.2 Å². The number of nitrogens with one attached hydrogen (secondary N) is 3. The fraction of sp³-hybridized carbons (Fsp3) is 0.435. The van der Waals surface area contributed by atoms with Gasteiger partial charge in [-0.1, -0.05) is 25.8 Å². The van der Waals surface area contributed by atoms with Gasteiger partial charge in [0.2, 0.25) is 10.0 Å². The predicted molar refractivity (Wildman–Crippen MR) is 122 cm³/mol. The number of furan rings is 1. The van der Waals surface area contributed by atoms with Crippen molar-refractivity contribution >= 4 is 27.9 Å². The van der Waals surface area contributed by atoms with Crippen LogP contribution >= 0.6 is 0 Å². The van der Waals surface area contributed by atoms with Crippen LogP contribution in [0.3, 0.4) is 0 Å². The molecule has 0 saturated heterocycles. The number of imide groups is 1. The van der Waals surface area contributed by atoms with Crippen molar-refractivity contribution in [2.75, 3.05) is 6.61 Å². The van der Waals surface area contributed by atoms with Crippen molar-refractivity contribution in [2.45, 2.75) is 57.0 Å². The van der Waals surface area contributed by atoms with E-state index in [4.69, 9.17) is 9.15 Å². The largest absolute Gasteiger partial charge is 0.468 e. The lowest BCUT2D eigenvalue weighted by atomic mass is 9.86. The number of urea groups is 1. The van der Waals surface area contributed by atoms with Gasteiger partial charge in [-0.2, -0.15) is 0 Å². The zero-order chi connectivity index (χ0) is 24.7. The molecule has 1 aromatic heterocycles. The summed E-state index contributed by atoms with van der Waals surface area (Å²) in [4.78, 5) is 36.5. The van der Waals surface area contributed by atoms with E-state index in [1.807, 2.05) is 0 Å². The fourth-order valence-corrected chi connectivity index (χ4v) is 4.78. The average Bonchev–Trinajstić information content (AvgIpc) is 3.32. The minimum atomic E-state index is -3.93. The molecule has 1 aliphatic rings. The van der Waals surface area contributed by atoms with Crippen LogP contribution in [0.25, 0.3) is 0 Å². The molecule has 1 heterocycles. The molecule has 0 bridgehead atoms. The van der Waals surface area contributed by atoms with Gasteiger partial charge in [0.05, 0.1) is 23.3 Å². The minimum absolute atomic E-state index is 0.00201. The van der Waals surface area contributed by atoms with Gasteiger partial charge in [-0.05, 0) is 55.5 Å². The molecular weight excluding hydrogens is 462 g/mol. The maximum atomic E-state index is 12.6. The average molecular weight is 492 g/mol. The normalized spacial score (nSPS) is 18.2. The van der Waals surface area contributed by atoms with E-state index in [9.17, 15) is 22.8 Å². The summed E-state index contributed by atoms with van der Waals surface area (Å²) in [6, 6.07) is 6.64. The smallest absolute Gasteiger partial charge is 0.338 e. The van der Waals surface area contributed by atoms with E-state index >= 15 is 0 Å². The minimum Gasteiger partial charge on any atom is -0.468 e. The van der Waals surface area contributed by atoms with E-state index in [1.54, 1.807) is 19.1 Å². The van der Waals surface area contributed by atoms with E-state index in [0.717, 1.165) is 25.7 Å². The van der Waals surface area contributed by atoms with Crippen molar-refractivity contribution in [3.8, 4) is 0 Å². The molecule has 34 heavy (non-hydrogen) atoms. The molecule has 1 aliphatic carbocycles. The summed E-state index contributed by atoms with van der Waals surface area (Å²) in [6.07, 6.45) is 5.45. The molecule has 11 heteroatoms. The Morgan fingerprint density at radius 3 is 2.62 bits per heavy atom. The number of amides is 3. The van der Waals surface area contributed by atoms with E-state index in [-0.39, 0.29) is 23.0 Å².